The fraction of sp³-hybridized carbons (Fsp3) is 0.438. The number of carbonyl (C=O) groups excluding carboxylic acids is 1. The highest BCUT2D eigenvalue weighted by atomic mass is 32.2. The predicted molar refractivity (Wildman–Crippen MR) is 91.0 cm³/mol. The number of rotatable bonds is 5. The lowest BCUT2D eigenvalue weighted by Gasteiger charge is -2.22. The molecule has 6 nitrogen and oxygen atoms in total. The highest BCUT2D eigenvalue weighted by Gasteiger charge is 2.30. The number of benzene rings is 1. The summed E-state index contributed by atoms with van der Waals surface area (Å²) in [7, 11) is 0. The van der Waals surface area contributed by atoms with Crippen LogP contribution in [-0.4, -0.2) is 32.5 Å². The van der Waals surface area contributed by atoms with Gasteiger partial charge in [0, 0.05) is 18.3 Å². The minimum atomic E-state index is -0.221. The number of thioether (sulfide) groups is 1. The molecule has 0 saturated heterocycles. The zero-order valence-electron chi connectivity index (χ0n) is 13.3. The molecule has 1 aromatic carbocycles. The van der Waals surface area contributed by atoms with Gasteiger partial charge < -0.3 is 4.90 Å². The minimum Gasteiger partial charge on any atom is -0.308 e. The summed E-state index contributed by atoms with van der Waals surface area (Å²) in [6, 6.07) is 8.18. The van der Waals surface area contributed by atoms with E-state index in [0.717, 1.165) is 18.5 Å². The van der Waals surface area contributed by atoms with Crippen molar-refractivity contribution in [2.24, 2.45) is 0 Å². The van der Waals surface area contributed by atoms with Crippen molar-refractivity contribution in [3.63, 3.8) is 0 Å². The summed E-state index contributed by atoms with van der Waals surface area (Å²) >= 11 is 1.31. The molecule has 7 heteroatoms. The lowest BCUT2D eigenvalue weighted by atomic mass is 10.1. The summed E-state index contributed by atoms with van der Waals surface area (Å²) in [5, 5.41) is 7.04. The number of hydrogen-bond donors (Lipinski definition) is 1. The molecule has 0 fully saturated rings. The summed E-state index contributed by atoms with van der Waals surface area (Å²) in [4.78, 5) is 26.2. The van der Waals surface area contributed by atoms with Crippen LogP contribution in [0.4, 0.5) is 5.69 Å². The normalized spacial score (nSPS) is 16.6. The number of aromatic nitrogens is 3. The van der Waals surface area contributed by atoms with Crippen molar-refractivity contribution in [2.45, 2.75) is 44.4 Å². The fourth-order valence-electron chi connectivity index (χ4n) is 2.98. The molecular formula is C16H20N4O2S. The largest absolute Gasteiger partial charge is 0.343 e. The number of fused-ring (bicyclic) bond motifs is 1. The molecule has 0 aliphatic carbocycles. The van der Waals surface area contributed by atoms with Crippen LogP contribution in [0.5, 0.6) is 0 Å². The first kappa shape index (κ1) is 15.9. The van der Waals surface area contributed by atoms with Gasteiger partial charge in [0.25, 0.3) is 0 Å². The van der Waals surface area contributed by atoms with Crippen molar-refractivity contribution in [2.75, 3.05) is 10.7 Å². The Hall–Kier alpha value is -2.02. The Kier molecular flexibility index (Phi) is 4.56. The second-order valence-corrected chi connectivity index (χ2v) is 6.64. The van der Waals surface area contributed by atoms with Gasteiger partial charge in [-0.25, -0.2) is 9.89 Å². The Morgan fingerprint density at radius 3 is 3.00 bits per heavy atom. The number of nitrogens with zero attached hydrogens (tertiary/aromatic N) is 3. The third-order valence-electron chi connectivity index (χ3n) is 3.97. The molecule has 0 bridgehead atoms. The number of carbonyl (C=O) groups is 1. The molecule has 1 aliphatic rings. The molecule has 1 atom stereocenters. The van der Waals surface area contributed by atoms with Gasteiger partial charge in [0.05, 0.1) is 5.75 Å². The van der Waals surface area contributed by atoms with Gasteiger partial charge in [-0.2, -0.15) is 0 Å². The molecular weight excluding hydrogens is 312 g/mol. The molecule has 2 aromatic rings. The average molecular weight is 332 g/mol. The number of amides is 1. The molecule has 1 N–H and O–H groups in total. The fourth-order valence-corrected chi connectivity index (χ4v) is 3.81. The second-order valence-electron chi connectivity index (χ2n) is 5.70. The Morgan fingerprint density at radius 1 is 1.43 bits per heavy atom. The molecule has 1 unspecified atom stereocenters. The standard InChI is InChI=1S/C16H20N4O2S/c1-3-8-19-15(22)17-18-16(19)23-10-14(21)20-11(2)9-12-6-4-5-7-13(12)20/h4-7,11H,3,8-10H2,1-2H3,(H,17,22). The molecule has 1 aliphatic heterocycles. The maximum absolute atomic E-state index is 12.6. The first-order chi connectivity index (χ1) is 11.1. The molecule has 23 heavy (non-hydrogen) atoms. The maximum Gasteiger partial charge on any atom is 0.343 e. The van der Waals surface area contributed by atoms with Crippen molar-refractivity contribution < 1.29 is 4.79 Å². The van der Waals surface area contributed by atoms with Gasteiger partial charge >= 0.3 is 5.69 Å². The Morgan fingerprint density at radius 2 is 2.22 bits per heavy atom. The van der Waals surface area contributed by atoms with Crippen LogP contribution in [0.15, 0.2) is 34.2 Å². The second kappa shape index (κ2) is 6.62. The topological polar surface area (TPSA) is 71.0 Å². The van der Waals surface area contributed by atoms with Gasteiger partial charge in [-0.15, -0.1) is 5.10 Å². The highest BCUT2D eigenvalue weighted by molar-refractivity contribution is 7.99. The third-order valence-corrected chi connectivity index (χ3v) is 4.93. The van der Waals surface area contributed by atoms with Gasteiger partial charge in [0.2, 0.25) is 5.91 Å². The van der Waals surface area contributed by atoms with Crippen LogP contribution in [0.2, 0.25) is 0 Å². The van der Waals surface area contributed by atoms with Crippen LogP contribution in [0.3, 0.4) is 0 Å². The smallest absolute Gasteiger partial charge is 0.308 e. The van der Waals surface area contributed by atoms with Gasteiger partial charge in [-0.3, -0.25) is 9.36 Å². The molecule has 0 radical (unpaired) electrons. The van der Waals surface area contributed by atoms with E-state index < -0.39 is 0 Å². The van der Waals surface area contributed by atoms with E-state index in [2.05, 4.69) is 23.2 Å². The van der Waals surface area contributed by atoms with E-state index in [1.807, 2.05) is 30.0 Å². The molecule has 0 spiro atoms. The molecule has 1 amide bonds. The number of para-hydroxylation sites is 1. The van der Waals surface area contributed by atoms with Crippen LogP contribution < -0.4 is 10.6 Å². The average Bonchev–Trinajstić information content (AvgIpc) is 3.05. The first-order valence-corrected chi connectivity index (χ1v) is 8.78. The molecule has 1 aromatic heterocycles. The summed E-state index contributed by atoms with van der Waals surface area (Å²) in [6.07, 6.45) is 1.73. The SMILES string of the molecule is CCCn1c(SCC(=O)N2c3ccccc3CC2C)n[nH]c1=O. The molecule has 2 heterocycles. The van der Waals surface area contributed by atoms with Gasteiger partial charge in [-0.05, 0) is 31.4 Å². The molecule has 3 rings (SSSR count). The van der Waals surface area contributed by atoms with E-state index in [1.165, 1.54) is 17.3 Å². The van der Waals surface area contributed by atoms with Crippen molar-refractivity contribution in [1.82, 2.24) is 14.8 Å². The lowest BCUT2D eigenvalue weighted by Crippen LogP contribution is -2.37. The van der Waals surface area contributed by atoms with E-state index in [0.29, 0.717) is 11.7 Å². The van der Waals surface area contributed by atoms with Crippen molar-refractivity contribution in [3.05, 3.63) is 40.3 Å². The van der Waals surface area contributed by atoms with E-state index >= 15 is 0 Å². The zero-order chi connectivity index (χ0) is 16.4. The van der Waals surface area contributed by atoms with Crippen molar-refractivity contribution >= 4 is 23.4 Å². The summed E-state index contributed by atoms with van der Waals surface area (Å²) in [6.45, 7) is 4.67. The van der Waals surface area contributed by atoms with Crippen LogP contribution in [-0.2, 0) is 17.8 Å². The number of nitrogens with one attached hydrogen (secondary N) is 1. The summed E-state index contributed by atoms with van der Waals surface area (Å²) in [5.41, 5.74) is 1.99. The minimum absolute atomic E-state index is 0.0472. The number of aromatic amines is 1. The van der Waals surface area contributed by atoms with Gasteiger partial charge in [-0.1, -0.05) is 36.9 Å². The van der Waals surface area contributed by atoms with Crippen molar-refractivity contribution in [1.29, 1.82) is 0 Å². The van der Waals surface area contributed by atoms with Crippen molar-refractivity contribution in [3.8, 4) is 0 Å². The number of anilines is 1. The number of hydrogen-bond acceptors (Lipinski definition) is 4. The Bertz CT molecular complexity index is 767. The van der Waals surface area contributed by atoms with Crippen LogP contribution in [0.25, 0.3) is 0 Å². The van der Waals surface area contributed by atoms with Crippen LogP contribution in [0.1, 0.15) is 25.8 Å². The molecule has 122 valence electrons. The molecule has 0 saturated carbocycles. The van der Waals surface area contributed by atoms with E-state index in [9.17, 15) is 9.59 Å². The quantitative estimate of drug-likeness (QED) is 0.851. The maximum atomic E-state index is 12.6. The monoisotopic (exact) mass is 332 g/mol. The Balaban J connectivity index is 1.72. The highest BCUT2D eigenvalue weighted by Crippen LogP contribution is 2.32. The van der Waals surface area contributed by atoms with Gasteiger partial charge in [0.1, 0.15) is 0 Å². The van der Waals surface area contributed by atoms with Crippen LogP contribution >= 0.6 is 11.8 Å². The van der Waals surface area contributed by atoms with Gasteiger partial charge in [0.15, 0.2) is 5.16 Å². The first-order valence-electron chi connectivity index (χ1n) is 7.79. The van der Waals surface area contributed by atoms with Crippen LogP contribution in [0, 0.1) is 0 Å². The zero-order valence-corrected chi connectivity index (χ0v) is 14.1. The van der Waals surface area contributed by atoms with E-state index in [4.69, 9.17) is 0 Å². The van der Waals surface area contributed by atoms with E-state index in [-0.39, 0.29) is 23.4 Å². The number of H-pyrrole nitrogens is 1. The Labute approximate surface area is 138 Å². The summed E-state index contributed by atoms with van der Waals surface area (Å²) in [5.74, 6) is 0.318. The summed E-state index contributed by atoms with van der Waals surface area (Å²) < 4.78 is 1.58. The lowest BCUT2D eigenvalue weighted by molar-refractivity contribution is -0.116. The third kappa shape index (κ3) is 3.06. The predicted octanol–water partition coefficient (Wildman–Crippen LogP) is 2.05. The van der Waals surface area contributed by atoms with E-state index in [1.54, 1.807) is 4.57 Å².